The average molecular weight is 379 g/mol. The van der Waals surface area contributed by atoms with Crippen molar-refractivity contribution in [1.82, 2.24) is 9.88 Å². The van der Waals surface area contributed by atoms with Gasteiger partial charge in [-0.1, -0.05) is 18.2 Å². The zero-order valence-electron chi connectivity index (χ0n) is 16.7. The number of pyridine rings is 1. The number of nitrogens with two attached hydrogens (primary N) is 1. The van der Waals surface area contributed by atoms with Gasteiger partial charge in [-0.15, -0.1) is 0 Å². The van der Waals surface area contributed by atoms with Gasteiger partial charge in [0.05, 0.1) is 6.54 Å². The fraction of sp³-hybridized carbons (Fsp3) is 0.455. The third-order valence-corrected chi connectivity index (χ3v) is 5.73. The molecule has 2 heterocycles. The van der Waals surface area contributed by atoms with E-state index in [1.807, 2.05) is 6.20 Å². The molecule has 28 heavy (non-hydrogen) atoms. The molecule has 1 aliphatic heterocycles. The first-order chi connectivity index (χ1) is 13.7. The Kier molecular flexibility index (Phi) is 5.76. The molecule has 3 N–H and O–H groups in total. The number of nitrogens with one attached hydrogen (secondary N) is 1. The number of aromatic nitrogens is 1. The fourth-order valence-electron chi connectivity index (χ4n) is 3.99. The number of rotatable bonds is 4. The maximum absolute atomic E-state index is 6.15. The number of likely N-dealkylation sites (N-methyl/N-ethyl adjacent to an activating group) is 1. The van der Waals surface area contributed by atoms with E-state index < -0.39 is 0 Å². The topological polar surface area (TPSA) is 69.8 Å². The number of aliphatic imine (C=N–C) groups is 1. The summed E-state index contributed by atoms with van der Waals surface area (Å²) in [6.45, 7) is 4.75. The van der Waals surface area contributed by atoms with Crippen LogP contribution in [-0.4, -0.2) is 49.1 Å². The van der Waals surface area contributed by atoms with E-state index in [0.717, 1.165) is 56.1 Å². The molecule has 6 heteroatoms. The summed E-state index contributed by atoms with van der Waals surface area (Å²) in [5.74, 6) is 1.50. The quantitative estimate of drug-likeness (QED) is 0.632. The van der Waals surface area contributed by atoms with Crippen LogP contribution in [0.1, 0.15) is 29.5 Å². The van der Waals surface area contributed by atoms with Crippen molar-refractivity contribution < 1.29 is 0 Å². The fourth-order valence-corrected chi connectivity index (χ4v) is 3.99. The van der Waals surface area contributed by atoms with E-state index in [1.165, 1.54) is 24.0 Å². The van der Waals surface area contributed by atoms with Gasteiger partial charge in [0.25, 0.3) is 0 Å². The van der Waals surface area contributed by atoms with Gasteiger partial charge >= 0.3 is 0 Å². The molecule has 0 amide bonds. The smallest absolute Gasteiger partial charge is 0.193 e. The molecule has 1 fully saturated rings. The number of anilines is 2. The van der Waals surface area contributed by atoms with Gasteiger partial charge in [-0.3, -0.25) is 0 Å². The summed E-state index contributed by atoms with van der Waals surface area (Å²) in [5.41, 5.74) is 11.1. The Morgan fingerprint density at radius 3 is 2.71 bits per heavy atom. The molecule has 0 atom stereocenters. The Bertz CT molecular complexity index is 821. The van der Waals surface area contributed by atoms with E-state index >= 15 is 0 Å². The van der Waals surface area contributed by atoms with Crippen molar-refractivity contribution in [3.63, 3.8) is 0 Å². The normalized spacial score (nSPS) is 18.0. The maximum atomic E-state index is 6.15. The molecule has 148 valence electrons. The molecule has 1 aromatic carbocycles. The number of aryl methyl sites for hydroxylation is 1. The Balaban J connectivity index is 1.36. The van der Waals surface area contributed by atoms with Gasteiger partial charge in [0.15, 0.2) is 5.96 Å². The highest BCUT2D eigenvalue weighted by atomic mass is 15.3. The molecular formula is C22H30N6. The van der Waals surface area contributed by atoms with E-state index in [2.05, 4.69) is 62.5 Å². The zero-order valence-corrected chi connectivity index (χ0v) is 16.7. The van der Waals surface area contributed by atoms with Crippen LogP contribution in [0.5, 0.6) is 0 Å². The maximum Gasteiger partial charge on any atom is 0.193 e. The Morgan fingerprint density at radius 2 is 1.93 bits per heavy atom. The van der Waals surface area contributed by atoms with Gasteiger partial charge in [-0.2, -0.15) is 0 Å². The third-order valence-electron chi connectivity index (χ3n) is 5.73. The molecule has 6 nitrogen and oxygen atoms in total. The first-order valence-electron chi connectivity index (χ1n) is 10.3. The lowest BCUT2D eigenvalue weighted by atomic mass is 9.90. The summed E-state index contributed by atoms with van der Waals surface area (Å²) >= 11 is 0. The van der Waals surface area contributed by atoms with Crippen LogP contribution in [-0.2, 0) is 19.4 Å². The van der Waals surface area contributed by atoms with Crippen LogP contribution in [0.15, 0.2) is 41.5 Å². The lowest BCUT2D eigenvalue weighted by Gasteiger charge is -2.33. The number of guanidine groups is 1. The molecule has 1 aliphatic carbocycles. The number of piperazine rings is 1. The Labute approximate surface area is 167 Å². The highest BCUT2D eigenvalue weighted by Gasteiger charge is 2.15. The molecule has 4 rings (SSSR count). The molecule has 0 spiro atoms. The molecule has 0 saturated carbocycles. The van der Waals surface area contributed by atoms with E-state index in [-0.39, 0.29) is 0 Å². The van der Waals surface area contributed by atoms with Crippen molar-refractivity contribution in [2.45, 2.75) is 32.2 Å². The van der Waals surface area contributed by atoms with Crippen molar-refractivity contribution in [2.24, 2.45) is 10.7 Å². The van der Waals surface area contributed by atoms with Crippen molar-refractivity contribution in [3.05, 3.63) is 53.2 Å². The number of fused-ring (bicyclic) bond motifs is 1. The van der Waals surface area contributed by atoms with Gasteiger partial charge in [0.1, 0.15) is 5.82 Å². The molecule has 0 unspecified atom stereocenters. The van der Waals surface area contributed by atoms with Crippen molar-refractivity contribution in [1.29, 1.82) is 0 Å². The van der Waals surface area contributed by atoms with Crippen molar-refractivity contribution >= 4 is 17.5 Å². The van der Waals surface area contributed by atoms with E-state index in [1.54, 1.807) is 0 Å². The molecular weight excluding hydrogens is 348 g/mol. The van der Waals surface area contributed by atoms with Crippen LogP contribution < -0.4 is 16.0 Å². The van der Waals surface area contributed by atoms with E-state index in [9.17, 15) is 0 Å². The second-order valence-corrected chi connectivity index (χ2v) is 7.79. The second-order valence-electron chi connectivity index (χ2n) is 7.79. The molecule has 1 aromatic heterocycles. The highest BCUT2D eigenvalue weighted by molar-refractivity contribution is 5.93. The lowest BCUT2D eigenvalue weighted by molar-refractivity contribution is 0.312. The minimum Gasteiger partial charge on any atom is -0.370 e. The monoisotopic (exact) mass is 378 g/mol. The summed E-state index contributed by atoms with van der Waals surface area (Å²) in [4.78, 5) is 13.8. The van der Waals surface area contributed by atoms with Crippen LogP contribution in [0, 0.1) is 0 Å². The summed E-state index contributed by atoms with van der Waals surface area (Å²) in [7, 11) is 2.16. The standard InChI is InChI=1S/C22H30N6/c1-27-11-13-28(14-12-27)21-10-9-17(15-24-21)16-25-22(23)26-20-8-4-6-18-5-2-3-7-19(18)20/h4,6,8-10,15H,2-3,5,7,11-14,16H2,1H3,(H3,23,25,26). The van der Waals surface area contributed by atoms with Crippen LogP contribution in [0.4, 0.5) is 11.5 Å². The SMILES string of the molecule is CN1CCN(c2ccc(CN=C(N)Nc3cccc4c3CCCC4)cn2)CC1. The number of hydrogen-bond acceptors (Lipinski definition) is 4. The molecule has 2 aromatic rings. The third kappa shape index (κ3) is 4.44. The number of benzene rings is 1. The van der Waals surface area contributed by atoms with Crippen LogP contribution >= 0.6 is 0 Å². The summed E-state index contributed by atoms with van der Waals surface area (Å²) in [5, 5.41) is 3.30. The number of hydrogen-bond donors (Lipinski definition) is 2. The molecule has 0 radical (unpaired) electrons. The van der Waals surface area contributed by atoms with Crippen LogP contribution in [0.25, 0.3) is 0 Å². The average Bonchev–Trinajstić information content (AvgIpc) is 2.74. The van der Waals surface area contributed by atoms with Crippen LogP contribution in [0.3, 0.4) is 0 Å². The van der Waals surface area contributed by atoms with Gasteiger partial charge in [-0.25, -0.2) is 9.98 Å². The Hall–Kier alpha value is -2.60. The summed E-state index contributed by atoms with van der Waals surface area (Å²) in [6, 6.07) is 10.6. The largest absolute Gasteiger partial charge is 0.370 e. The predicted molar refractivity (Wildman–Crippen MR) is 116 cm³/mol. The second kappa shape index (κ2) is 8.61. The summed E-state index contributed by atoms with van der Waals surface area (Å²) < 4.78 is 0. The predicted octanol–water partition coefficient (Wildman–Crippen LogP) is 2.64. The minimum absolute atomic E-state index is 0.460. The minimum atomic E-state index is 0.460. The number of nitrogens with zero attached hydrogens (tertiary/aromatic N) is 4. The van der Waals surface area contributed by atoms with Crippen molar-refractivity contribution in [3.8, 4) is 0 Å². The summed E-state index contributed by atoms with van der Waals surface area (Å²) in [6.07, 6.45) is 6.71. The Morgan fingerprint density at radius 1 is 1.11 bits per heavy atom. The van der Waals surface area contributed by atoms with Gasteiger partial charge in [-0.05, 0) is 61.6 Å². The molecule has 2 aliphatic rings. The van der Waals surface area contributed by atoms with Crippen LogP contribution in [0.2, 0.25) is 0 Å². The highest BCUT2D eigenvalue weighted by Crippen LogP contribution is 2.27. The van der Waals surface area contributed by atoms with Gasteiger partial charge < -0.3 is 20.9 Å². The zero-order chi connectivity index (χ0) is 19.3. The first-order valence-corrected chi connectivity index (χ1v) is 10.3. The van der Waals surface area contributed by atoms with E-state index in [0.29, 0.717) is 12.5 Å². The van der Waals surface area contributed by atoms with Gasteiger partial charge in [0, 0.05) is 38.1 Å². The van der Waals surface area contributed by atoms with Crippen molar-refractivity contribution in [2.75, 3.05) is 43.4 Å². The first kappa shape index (κ1) is 18.7. The molecule has 0 bridgehead atoms. The molecule has 1 saturated heterocycles. The van der Waals surface area contributed by atoms with E-state index in [4.69, 9.17) is 5.73 Å². The van der Waals surface area contributed by atoms with Gasteiger partial charge in [0.2, 0.25) is 0 Å². The lowest BCUT2D eigenvalue weighted by Crippen LogP contribution is -2.44.